The van der Waals surface area contributed by atoms with E-state index in [0.29, 0.717) is 12.3 Å². The highest BCUT2D eigenvalue weighted by molar-refractivity contribution is 5.91. The lowest BCUT2D eigenvalue weighted by molar-refractivity contribution is -0.116. The molecule has 0 aliphatic heterocycles. The molecule has 0 bridgehead atoms. The van der Waals surface area contributed by atoms with Crippen LogP contribution in [-0.2, 0) is 4.79 Å². The van der Waals surface area contributed by atoms with Gasteiger partial charge in [0.25, 0.3) is 0 Å². The predicted octanol–water partition coefficient (Wildman–Crippen LogP) is 5.20. The van der Waals surface area contributed by atoms with Crippen molar-refractivity contribution in [3.63, 3.8) is 0 Å². The number of anilines is 3. The van der Waals surface area contributed by atoms with Gasteiger partial charge in [0.05, 0.1) is 6.10 Å². The summed E-state index contributed by atoms with van der Waals surface area (Å²) in [6.07, 6.45) is 0.701. The number of hydrogen-bond acceptors (Lipinski definition) is 3. The van der Waals surface area contributed by atoms with Crippen LogP contribution in [0.25, 0.3) is 0 Å². The van der Waals surface area contributed by atoms with Crippen LogP contribution in [0.2, 0.25) is 0 Å². The van der Waals surface area contributed by atoms with Crippen molar-refractivity contribution in [1.29, 1.82) is 0 Å². The monoisotopic (exact) mass is 326 g/mol. The Labute approximate surface area is 144 Å². The minimum atomic E-state index is 0.0476. The van der Waals surface area contributed by atoms with Gasteiger partial charge >= 0.3 is 0 Å². The molecule has 0 fully saturated rings. The molecule has 4 nitrogen and oxygen atoms in total. The van der Waals surface area contributed by atoms with Crippen molar-refractivity contribution in [2.45, 2.75) is 40.2 Å². The predicted molar refractivity (Wildman–Crippen MR) is 100 cm³/mol. The van der Waals surface area contributed by atoms with Crippen molar-refractivity contribution in [3.05, 3.63) is 48.5 Å². The molecule has 2 N–H and O–H groups in total. The highest BCUT2D eigenvalue weighted by Gasteiger charge is 2.05. The average Bonchev–Trinajstić information content (AvgIpc) is 2.50. The normalized spacial score (nSPS) is 10.8. The SMILES string of the molecule is CC(C)CC(=O)Nc1ccc(Nc2ccc(OC(C)C)cc2)cc1. The van der Waals surface area contributed by atoms with Gasteiger partial charge in [-0.25, -0.2) is 0 Å². The van der Waals surface area contributed by atoms with Crippen molar-refractivity contribution < 1.29 is 9.53 Å². The van der Waals surface area contributed by atoms with E-state index in [1.165, 1.54) is 0 Å². The summed E-state index contributed by atoms with van der Waals surface area (Å²) in [6.45, 7) is 8.08. The Bertz CT molecular complexity index is 646. The number of rotatable bonds is 7. The van der Waals surface area contributed by atoms with Crippen LogP contribution in [0.5, 0.6) is 5.75 Å². The van der Waals surface area contributed by atoms with E-state index in [1.54, 1.807) is 0 Å². The molecule has 2 aromatic carbocycles. The van der Waals surface area contributed by atoms with Gasteiger partial charge < -0.3 is 15.4 Å². The van der Waals surface area contributed by atoms with E-state index in [-0.39, 0.29) is 12.0 Å². The maximum atomic E-state index is 11.8. The zero-order valence-electron chi connectivity index (χ0n) is 14.8. The van der Waals surface area contributed by atoms with E-state index in [9.17, 15) is 4.79 Å². The first-order valence-electron chi connectivity index (χ1n) is 8.36. The van der Waals surface area contributed by atoms with Crippen molar-refractivity contribution in [2.75, 3.05) is 10.6 Å². The molecule has 0 heterocycles. The highest BCUT2D eigenvalue weighted by Crippen LogP contribution is 2.22. The zero-order valence-corrected chi connectivity index (χ0v) is 14.8. The Morgan fingerprint density at radius 2 is 1.38 bits per heavy atom. The molecule has 1 amide bonds. The molecule has 0 radical (unpaired) electrons. The first-order chi connectivity index (χ1) is 11.4. The van der Waals surface area contributed by atoms with Crippen LogP contribution in [-0.4, -0.2) is 12.0 Å². The lowest BCUT2D eigenvalue weighted by atomic mass is 10.1. The lowest BCUT2D eigenvalue weighted by Gasteiger charge is -2.12. The molecule has 128 valence electrons. The third-order valence-electron chi connectivity index (χ3n) is 3.28. The number of benzene rings is 2. The fourth-order valence-corrected chi connectivity index (χ4v) is 2.28. The maximum Gasteiger partial charge on any atom is 0.224 e. The summed E-state index contributed by atoms with van der Waals surface area (Å²) in [5.41, 5.74) is 2.77. The van der Waals surface area contributed by atoms with Crippen molar-refractivity contribution in [1.82, 2.24) is 0 Å². The van der Waals surface area contributed by atoms with Crippen LogP contribution < -0.4 is 15.4 Å². The number of hydrogen-bond donors (Lipinski definition) is 2. The molecule has 0 atom stereocenters. The second-order valence-electron chi connectivity index (χ2n) is 6.54. The molecule has 2 aromatic rings. The van der Waals surface area contributed by atoms with Gasteiger partial charge in [-0.1, -0.05) is 13.8 Å². The van der Waals surface area contributed by atoms with Gasteiger partial charge in [0.1, 0.15) is 5.75 Å². The first kappa shape index (κ1) is 17.9. The first-order valence-corrected chi connectivity index (χ1v) is 8.36. The summed E-state index contributed by atoms with van der Waals surface area (Å²) in [7, 11) is 0. The molecule has 2 rings (SSSR count). The van der Waals surface area contributed by atoms with Crippen LogP contribution >= 0.6 is 0 Å². The molecule has 0 saturated heterocycles. The van der Waals surface area contributed by atoms with Gasteiger partial charge in [0.15, 0.2) is 0 Å². The third-order valence-corrected chi connectivity index (χ3v) is 3.28. The summed E-state index contributed by atoms with van der Waals surface area (Å²) in [5, 5.41) is 6.24. The molecule has 0 aliphatic rings. The number of nitrogens with one attached hydrogen (secondary N) is 2. The fourth-order valence-electron chi connectivity index (χ4n) is 2.28. The van der Waals surface area contributed by atoms with Crippen LogP contribution in [0.1, 0.15) is 34.1 Å². The summed E-state index contributed by atoms with van der Waals surface area (Å²) >= 11 is 0. The molecule has 4 heteroatoms. The smallest absolute Gasteiger partial charge is 0.224 e. The van der Waals surface area contributed by atoms with Crippen molar-refractivity contribution in [2.24, 2.45) is 5.92 Å². The van der Waals surface area contributed by atoms with E-state index in [0.717, 1.165) is 22.8 Å². The number of carbonyl (C=O) groups excluding carboxylic acids is 1. The van der Waals surface area contributed by atoms with Gasteiger partial charge in [-0.15, -0.1) is 0 Å². The maximum absolute atomic E-state index is 11.8. The quantitative estimate of drug-likeness (QED) is 0.735. The molecule has 0 unspecified atom stereocenters. The van der Waals surface area contributed by atoms with Crippen LogP contribution in [0.15, 0.2) is 48.5 Å². The Hall–Kier alpha value is -2.49. The minimum Gasteiger partial charge on any atom is -0.491 e. The topological polar surface area (TPSA) is 50.4 Å². The number of amides is 1. The van der Waals surface area contributed by atoms with Gasteiger partial charge in [-0.3, -0.25) is 4.79 Å². The van der Waals surface area contributed by atoms with E-state index in [1.807, 2.05) is 76.2 Å². The summed E-state index contributed by atoms with van der Waals surface area (Å²) < 4.78 is 5.63. The number of carbonyl (C=O) groups is 1. The molecular formula is C20H26N2O2. The standard InChI is InChI=1S/C20H26N2O2/c1-14(2)13-20(23)22-18-7-5-16(6-8-18)21-17-9-11-19(12-10-17)24-15(3)4/h5-12,14-15,21H,13H2,1-4H3,(H,22,23). The van der Waals surface area contributed by atoms with Crippen LogP contribution in [0.4, 0.5) is 17.1 Å². The van der Waals surface area contributed by atoms with Gasteiger partial charge in [0.2, 0.25) is 5.91 Å². The van der Waals surface area contributed by atoms with E-state index in [4.69, 9.17) is 4.74 Å². The molecule has 0 aromatic heterocycles. The highest BCUT2D eigenvalue weighted by atomic mass is 16.5. The minimum absolute atomic E-state index is 0.0476. The molecular weight excluding hydrogens is 300 g/mol. The Morgan fingerprint density at radius 1 is 0.875 bits per heavy atom. The molecule has 0 saturated carbocycles. The van der Waals surface area contributed by atoms with E-state index in [2.05, 4.69) is 10.6 Å². The third kappa shape index (κ3) is 5.95. The molecule has 0 spiro atoms. The van der Waals surface area contributed by atoms with Crippen LogP contribution in [0, 0.1) is 5.92 Å². The summed E-state index contributed by atoms with van der Waals surface area (Å²) in [4.78, 5) is 11.8. The van der Waals surface area contributed by atoms with E-state index >= 15 is 0 Å². The van der Waals surface area contributed by atoms with Crippen molar-refractivity contribution >= 4 is 23.0 Å². The van der Waals surface area contributed by atoms with Crippen LogP contribution in [0.3, 0.4) is 0 Å². The fraction of sp³-hybridized carbons (Fsp3) is 0.350. The Morgan fingerprint density at radius 3 is 1.88 bits per heavy atom. The van der Waals surface area contributed by atoms with E-state index < -0.39 is 0 Å². The van der Waals surface area contributed by atoms with Gasteiger partial charge in [-0.2, -0.15) is 0 Å². The van der Waals surface area contributed by atoms with Crippen molar-refractivity contribution in [3.8, 4) is 5.75 Å². The largest absolute Gasteiger partial charge is 0.491 e. The summed E-state index contributed by atoms with van der Waals surface area (Å²) in [6, 6.07) is 15.6. The molecule has 0 aliphatic carbocycles. The summed E-state index contributed by atoms with van der Waals surface area (Å²) in [5.74, 6) is 1.26. The van der Waals surface area contributed by atoms with Gasteiger partial charge in [0, 0.05) is 23.5 Å². The molecule has 24 heavy (non-hydrogen) atoms. The average molecular weight is 326 g/mol. The number of ether oxygens (including phenoxy) is 1. The van der Waals surface area contributed by atoms with Gasteiger partial charge in [-0.05, 0) is 68.3 Å². The second kappa shape index (κ2) is 8.39. The Kier molecular flexibility index (Phi) is 6.24. The zero-order chi connectivity index (χ0) is 17.5. The second-order valence-corrected chi connectivity index (χ2v) is 6.54. The lowest BCUT2D eigenvalue weighted by Crippen LogP contribution is -2.13. The Balaban J connectivity index is 1.92.